The predicted molar refractivity (Wildman–Crippen MR) is 83.1 cm³/mol. The van der Waals surface area contributed by atoms with Crippen molar-refractivity contribution < 1.29 is 17.9 Å². The van der Waals surface area contributed by atoms with E-state index in [1.54, 1.807) is 24.3 Å². The fourth-order valence-corrected chi connectivity index (χ4v) is 2.88. The van der Waals surface area contributed by atoms with Crippen molar-refractivity contribution in [2.75, 3.05) is 0 Å². The molecule has 0 atom stereocenters. The maximum atomic E-state index is 12.0. The Kier molecular flexibility index (Phi) is 5.01. The van der Waals surface area contributed by atoms with Gasteiger partial charge in [0, 0.05) is 0 Å². The number of halogens is 1. The number of nitrogens with zero attached hydrogens (tertiary/aromatic N) is 1. The largest absolute Gasteiger partial charge is 0.457 e. The summed E-state index contributed by atoms with van der Waals surface area (Å²) in [5, 5.41) is 13.8. The lowest BCUT2D eigenvalue weighted by Gasteiger charge is -2.07. The third-order valence-corrected chi connectivity index (χ3v) is 4.29. The molecule has 0 spiro atoms. The van der Waals surface area contributed by atoms with Crippen molar-refractivity contribution in [1.82, 2.24) is 0 Å². The van der Waals surface area contributed by atoms with Crippen molar-refractivity contribution in [3.05, 3.63) is 64.2 Å². The maximum absolute atomic E-state index is 12.0. The van der Waals surface area contributed by atoms with Crippen LogP contribution in [-0.2, 0) is 21.4 Å². The van der Waals surface area contributed by atoms with Crippen LogP contribution in [0.4, 0.5) is 0 Å². The molecule has 2 aromatic rings. The van der Waals surface area contributed by atoms with Gasteiger partial charge in [-0.25, -0.2) is 18.4 Å². The summed E-state index contributed by atoms with van der Waals surface area (Å²) in [5.41, 5.74) is 1.09. The number of benzene rings is 2. The van der Waals surface area contributed by atoms with Gasteiger partial charge in [-0.15, -0.1) is 0 Å². The fourth-order valence-electron chi connectivity index (χ4n) is 1.81. The summed E-state index contributed by atoms with van der Waals surface area (Å²) in [6, 6.07) is 12.2. The van der Waals surface area contributed by atoms with E-state index in [0.717, 1.165) is 6.07 Å². The molecule has 0 aromatic heterocycles. The molecule has 6 nitrogen and oxygen atoms in total. The molecule has 0 unspecified atom stereocenters. The Bertz CT molecular complexity index is 904. The molecular formula is C15H11ClN2O4S. The Morgan fingerprint density at radius 3 is 2.65 bits per heavy atom. The lowest BCUT2D eigenvalue weighted by molar-refractivity contribution is 0.0472. The summed E-state index contributed by atoms with van der Waals surface area (Å²) in [4.78, 5) is 11.6. The number of nitrogens with two attached hydrogens (primary N) is 1. The molecule has 0 aliphatic heterocycles. The maximum Gasteiger partial charge on any atom is 0.338 e. The van der Waals surface area contributed by atoms with Gasteiger partial charge in [0.2, 0.25) is 10.0 Å². The molecule has 0 amide bonds. The number of ether oxygens (including phenoxy) is 1. The topological polar surface area (TPSA) is 110 Å². The number of carbonyl (C=O) groups is 1. The highest BCUT2D eigenvalue weighted by molar-refractivity contribution is 7.89. The highest BCUT2D eigenvalue weighted by Gasteiger charge is 2.17. The molecule has 0 radical (unpaired) electrons. The van der Waals surface area contributed by atoms with Crippen molar-refractivity contribution in [3.8, 4) is 6.07 Å². The van der Waals surface area contributed by atoms with E-state index >= 15 is 0 Å². The second-order valence-electron chi connectivity index (χ2n) is 4.58. The molecular weight excluding hydrogens is 340 g/mol. The van der Waals surface area contributed by atoms with Crippen molar-refractivity contribution in [3.63, 3.8) is 0 Å². The average molecular weight is 351 g/mol. The monoisotopic (exact) mass is 350 g/mol. The minimum Gasteiger partial charge on any atom is -0.457 e. The van der Waals surface area contributed by atoms with Crippen LogP contribution in [0.2, 0.25) is 5.02 Å². The third kappa shape index (κ3) is 4.29. The first-order valence-electron chi connectivity index (χ1n) is 6.30. The highest BCUT2D eigenvalue weighted by Crippen LogP contribution is 2.22. The zero-order chi connectivity index (χ0) is 17.0. The van der Waals surface area contributed by atoms with Gasteiger partial charge in [0.15, 0.2) is 0 Å². The predicted octanol–water partition coefficient (Wildman–Crippen LogP) is 2.22. The summed E-state index contributed by atoms with van der Waals surface area (Å²) in [6.45, 7) is -0.0539. The lowest BCUT2D eigenvalue weighted by Crippen LogP contribution is -2.14. The van der Waals surface area contributed by atoms with E-state index in [1.807, 2.05) is 6.07 Å². The van der Waals surface area contributed by atoms with Crippen molar-refractivity contribution in [1.29, 1.82) is 5.26 Å². The molecule has 23 heavy (non-hydrogen) atoms. The van der Waals surface area contributed by atoms with E-state index < -0.39 is 16.0 Å². The van der Waals surface area contributed by atoms with E-state index in [4.69, 9.17) is 26.7 Å². The van der Waals surface area contributed by atoms with Gasteiger partial charge in [0.05, 0.1) is 22.2 Å². The zero-order valence-corrected chi connectivity index (χ0v) is 13.3. The summed E-state index contributed by atoms with van der Waals surface area (Å²) < 4.78 is 27.9. The summed E-state index contributed by atoms with van der Waals surface area (Å²) in [5.74, 6) is -0.728. The molecule has 2 aromatic carbocycles. The smallest absolute Gasteiger partial charge is 0.338 e. The van der Waals surface area contributed by atoms with Gasteiger partial charge in [-0.1, -0.05) is 23.7 Å². The summed E-state index contributed by atoms with van der Waals surface area (Å²) in [6.07, 6.45) is 0. The molecule has 2 N–H and O–H groups in total. The number of hydrogen-bond donors (Lipinski definition) is 1. The number of sulfonamides is 1. The van der Waals surface area contributed by atoms with Crippen molar-refractivity contribution >= 4 is 27.6 Å². The number of esters is 1. The van der Waals surface area contributed by atoms with Crippen LogP contribution < -0.4 is 5.14 Å². The number of hydrogen-bond acceptors (Lipinski definition) is 5. The average Bonchev–Trinajstić information content (AvgIpc) is 2.52. The van der Waals surface area contributed by atoms with E-state index in [-0.39, 0.29) is 22.1 Å². The van der Waals surface area contributed by atoms with Gasteiger partial charge in [-0.3, -0.25) is 0 Å². The number of primary sulfonamides is 1. The van der Waals surface area contributed by atoms with Crippen LogP contribution in [0, 0.1) is 11.3 Å². The minimum absolute atomic E-state index is 0.00913. The molecule has 0 saturated carbocycles. The Balaban J connectivity index is 2.17. The summed E-state index contributed by atoms with van der Waals surface area (Å²) >= 11 is 5.75. The first-order valence-corrected chi connectivity index (χ1v) is 8.22. The number of carbonyl (C=O) groups excluding carboxylic acids is 1. The molecule has 0 aliphatic rings. The van der Waals surface area contributed by atoms with Crippen LogP contribution in [0.3, 0.4) is 0 Å². The fraction of sp³-hybridized carbons (Fsp3) is 0.0667. The third-order valence-electron chi connectivity index (χ3n) is 2.90. The van der Waals surface area contributed by atoms with Gasteiger partial charge >= 0.3 is 5.97 Å². The molecule has 0 heterocycles. The van der Waals surface area contributed by atoms with Gasteiger partial charge < -0.3 is 4.74 Å². The van der Waals surface area contributed by atoms with Crippen molar-refractivity contribution in [2.24, 2.45) is 5.14 Å². The van der Waals surface area contributed by atoms with E-state index in [0.29, 0.717) is 11.1 Å². The van der Waals surface area contributed by atoms with Crippen LogP contribution in [0.5, 0.6) is 0 Å². The van der Waals surface area contributed by atoms with Gasteiger partial charge in [0.1, 0.15) is 11.5 Å². The van der Waals surface area contributed by atoms with Crippen LogP contribution >= 0.6 is 11.6 Å². The van der Waals surface area contributed by atoms with Crippen LogP contribution in [0.25, 0.3) is 0 Å². The zero-order valence-electron chi connectivity index (χ0n) is 11.7. The highest BCUT2D eigenvalue weighted by atomic mass is 35.5. The van der Waals surface area contributed by atoms with Crippen molar-refractivity contribution in [2.45, 2.75) is 11.5 Å². The summed E-state index contributed by atoms with van der Waals surface area (Å²) in [7, 11) is -4.04. The van der Waals surface area contributed by atoms with E-state index in [1.165, 1.54) is 12.1 Å². The van der Waals surface area contributed by atoms with Crippen LogP contribution in [-0.4, -0.2) is 14.4 Å². The molecule has 0 aliphatic carbocycles. The molecule has 0 bridgehead atoms. The van der Waals surface area contributed by atoms with Crippen LogP contribution in [0.1, 0.15) is 21.5 Å². The SMILES string of the molecule is N#Cc1cccc(COC(=O)c2ccc(Cl)c(S(N)(=O)=O)c2)c1. The second kappa shape index (κ2) is 6.79. The molecule has 118 valence electrons. The Morgan fingerprint density at radius 1 is 1.26 bits per heavy atom. The van der Waals surface area contributed by atoms with E-state index in [9.17, 15) is 13.2 Å². The van der Waals surface area contributed by atoms with Gasteiger partial charge in [-0.2, -0.15) is 5.26 Å². The molecule has 0 fully saturated rings. The van der Waals surface area contributed by atoms with E-state index in [2.05, 4.69) is 0 Å². The Labute approximate surface area is 138 Å². The number of rotatable bonds is 4. The standard InChI is InChI=1S/C15H11ClN2O4S/c16-13-5-4-12(7-14(13)23(18,20)21)15(19)22-9-11-3-1-2-10(6-11)8-17/h1-7H,9H2,(H2,18,20,21). The van der Waals surface area contributed by atoms with Gasteiger partial charge in [-0.05, 0) is 35.9 Å². The quantitative estimate of drug-likeness (QED) is 0.850. The van der Waals surface area contributed by atoms with Crippen LogP contribution in [0.15, 0.2) is 47.4 Å². The second-order valence-corrected chi connectivity index (χ2v) is 6.52. The number of nitriles is 1. The molecule has 2 rings (SSSR count). The Hall–Kier alpha value is -2.40. The Morgan fingerprint density at radius 2 is 2.00 bits per heavy atom. The normalized spacial score (nSPS) is 10.8. The first-order chi connectivity index (χ1) is 10.8. The molecule has 0 saturated heterocycles. The molecule has 8 heteroatoms. The lowest BCUT2D eigenvalue weighted by atomic mass is 10.1. The first kappa shape index (κ1) is 17.0. The van der Waals surface area contributed by atoms with Gasteiger partial charge in [0.25, 0.3) is 0 Å². The minimum atomic E-state index is -4.04.